The molecule has 16 heavy (non-hydrogen) atoms. The van der Waals surface area contributed by atoms with Crippen LogP contribution in [0.5, 0.6) is 0 Å². The van der Waals surface area contributed by atoms with Crippen LogP contribution in [0, 0.1) is 0 Å². The number of benzene rings is 1. The number of hydrogen-bond donors (Lipinski definition) is 1. The van der Waals surface area contributed by atoms with Gasteiger partial charge in [-0.1, -0.05) is 35.5 Å². The van der Waals surface area contributed by atoms with E-state index in [2.05, 4.69) is 39.9 Å². The molecule has 0 fully saturated rings. The molecule has 0 aliphatic carbocycles. The Bertz CT molecular complexity index is 422. The molecule has 1 aromatic carbocycles. The van der Waals surface area contributed by atoms with Gasteiger partial charge in [0.1, 0.15) is 0 Å². The third kappa shape index (κ3) is 2.90. The highest BCUT2D eigenvalue weighted by atomic mass is 15.4. The molecule has 4 heteroatoms. The molecule has 0 saturated carbocycles. The van der Waals surface area contributed by atoms with Crippen LogP contribution in [-0.2, 0) is 20.0 Å². The van der Waals surface area contributed by atoms with E-state index in [1.165, 1.54) is 5.56 Å². The van der Waals surface area contributed by atoms with Gasteiger partial charge >= 0.3 is 0 Å². The molecule has 0 atom stereocenters. The standard InChI is InChI=1S/C12H16N4/c1-16-12(10-14-15-16)9-13-8-7-11-5-3-2-4-6-11/h2-6,10,13H,7-9H2,1H3. The zero-order valence-corrected chi connectivity index (χ0v) is 9.43. The van der Waals surface area contributed by atoms with E-state index in [1.807, 2.05) is 13.1 Å². The summed E-state index contributed by atoms with van der Waals surface area (Å²) >= 11 is 0. The molecule has 0 amide bonds. The monoisotopic (exact) mass is 216 g/mol. The predicted molar refractivity (Wildman–Crippen MR) is 62.9 cm³/mol. The second kappa shape index (κ2) is 5.42. The number of aryl methyl sites for hydroxylation is 1. The Morgan fingerprint density at radius 2 is 2.06 bits per heavy atom. The van der Waals surface area contributed by atoms with Gasteiger partial charge in [0, 0.05) is 13.6 Å². The maximum atomic E-state index is 3.88. The minimum Gasteiger partial charge on any atom is -0.311 e. The lowest BCUT2D eigenvalue weighted by atomic mass is 10.1. The summed E-state index contributed by atoms with van der Waals surface area (Å²) in [6.45, 7) is 1.78. The molecule has 4 nitrogen and oxygen atoms in total. The van der Waals surface area contributed by atoms with Crippen molar-refractivity contribution < 1.29 is 0 Å². The summed E-state index contributed by atoms with van der Waals surface area (Å²) in [6, 6.07) is 10.5. The Morgan fingerprint density at radius 3 is 2.75 bits per heavy atom. The predicted octanol–water partition coefficient (Wildman–Crippen LogP) is 1.15. The third-order valence-electron chi connectivity index (χ3n) is 2.55. The number of nitrogens with one attached hydrogen (secondary N) is 1. The van der Waals surface area contributed by atoms with E-state index in [9.17, 15) is 0 Å². The number of aromatic nitrogens is 3. The summed E-state index contributed by atoms with van der Waals surface area (Å²) in [4.78, 5) is 0. The minimum absolute atomic E-state index is 0.816. The van der Waals surface area contributed by atoms with Crippen LogP contribution in [0.1, 0.15) is 11.3 Å². The lowest BCUT2D eigenvalue weighted by Gasteiger charge is -2.04. The van der Waals surface area contributed by atoms with E-state index in [0.717, 1.165) is 25.2 Å². The summed E-state index contributed by atoms with van der Waals surface area (Å²) in [7, 11) is 1.90. The van der Waals surface area contributed by atoms with Crippen LogP contribution in [0.3, 0.4) is 0 Å². The SMILES string of the molecule is Cn1nncc1CNCCc1ccccc1. The van der Waals surface area contributed by atoms with Crippen LogP contribution in [-0.4, -0.2) is 21.5 Å². The average molecular weight is 216 g/mol. The van der Waals surface area contributed by atoms with Crippen LogP contribution < -0.4 is 5.32 Å². The van der Waals surface area contributed by atoms with Crippen LogP contribution >= 0.6 is 0 Å². The van der Waals surface area contributed by atoms with Gasteiger partial charge in [-0.2, -0.15) is 0 Å². The van der Waals surface area contributed by atoms with Crippen molar-refractivity contribution in [3.05, 3.63) is 47.8 Å². The molecule has 84 valence electrons. The fraction of sp³-hybridized carbons (Fsp3) is 0.333. The zero-order valence-electron chi connectivity index (χ0n) is 9.43. The maximum Gasteiger partial charge on any atom is 0.0738 e. The zero-order chi connectivity index (χ0) is 11.2. The maximum absolute atomic E-state index is 3.88. The molecule has 2 rings (SSSR count). The molecule has 0 saturated heterocycles. The van der Waals surface area contributed by atoms with E-state index in [-0.39, 0.29) is 0 Å². The summed E-state index contributed by atoms with van der Waals surface area (Å²) in [5, 5.41) is 11.1. The van der Waals surface area contributed by atoms with Gasteiger partial charge in [0.25, 0.3) is 0 Å². The van der Waals surface area contributed by atoms with Crippen LogP contribution in [0.4, 0.5) is 0 Å². The van der Waals surface area contributed by atoms with Gasteiger partial charge < -0.3 is 5.32 Å². The minimum atomic E-state index is 0.816. The van der Waals surface area contributed by atoms with Gasteiger partial charge in [-0.25, -0.2) is 0 Å². The van der Waals surface area contributed by atoms with Gasteiger partial charge in [-0.15, -0.1) is 5.10 Å². The Hall–Kier alpha value is -1.68. The Balaban J connectivity index is 1.72. The van der Waals surface area contributed by atoms with E-state index >= 15 is 0 Å². The van der Waals surface area contributed by atoms with Crippen molar-refractivity contribution in [2.24, 2.45) is 7.05 Å². The first-order chi connectivity index (χ1) is 7.86. The molecule has 0 aliphatic rings. The van der Waals surface area contributed by atoms with Crippen molar-refractivity contribution in [1.29, 1.82) is 0 Å². The molecule has 0 bridgehead atoms. The number of nitrogens with zero attached hydrogens (tertiary/aromatic N) is 3. The van der Waals surface area contributed by atoms with Crippen molar-refractivity contribution in [3.8, 4) is 0 Å². The Kier molecular flexibility index (Phi) is 3.66. The summed E-state index contributed by atoms with van der Waals surface area (Å²) in [5.74, 6) is 0. The van der Waals surface area contributed by atoms with E-state index in [1.54, 1.807) is 10.9 Å². The smallest absolute Gasteiger partial charge is 0.0738 e. The average Bonchev–Trinajstić information content (AvgIpc) is 2.72. The van der Waals surface area contributed by atoms with E-state index in [4.69, 9.17) is 0 Å². The van der Waals surface area contributed by atoms with Crippen LogP contribution in [0.25, 0.3) is 0 Å². The lowest BCUT2D eigenvalue weighted by Crippen LogP contribution is -2.18. The summed E-state index contributed by atoms with van der Waals surface area (Å²) in [5.41, 5.74) is 2.46. The van der Waals surface area contributed by atoms with Crippen molar-refractivity contribution in [3.63, 3.8) is 0 Å². The van der Waals surface area contributed by atoms with Gasteiger partial charge in [0.15, 0.2) is 0 Å². The molecule has 0 aliphatic heterocycles. The number of hydrogen-bond acceptors (Lipinski definition) is 3. The molecule has 1 heterocycles. The fourth-order valence-electron chi connectivity index (χ4n) is 1.56. The first kappa shape index (κ1) is 10.8. The molecule has 1 N–H and O–H groups in total. The quantitative estimate of drug-likeness (QED) is 0.762. The van der Waals surface area contributed by atoms with Crippen molar-refractivity contribution in [2.45, 2.75) is 13.0 Å². The highest BCUT2D eigenvalue weighted by Crippen LogP contribution is 1.98. The lowest BCUT2D eigenvalue weighted by molar-refractivity contribution is 0.617. The molecule has 0 unspecified atom stereocenters. The second-order valence-electron chi connectivity index (χ2n) is 3.76. The fourth-order valence-corrected chi connectivity index (χ4v) is 1.56. The normalized spacial score (nSPS) is 10.6. The molecule has 0 spiro atoms. The van der Waals surface area contributed by atoms with E-state index in [0.29, 0.717) is 0 Å². The van der Waals surface area contributed by atoms with Gasteiger partial charge in [-0.3, -0.25) is 4.68 Å². The van der Waals surface area contributed by atoms with Gasteiger partial charge in [-0.05, 0) is 18.5 Å². The van der Waals surface area contributed by atoms with Crippen LogP contribution in [0.15, 0.2) is 36.5 Å². The van der Waals surface area contributed by atoms with Crippen molar-refractivity contribution in [1.82, 2.24) is 20.3 Å². The molecule has 2 aromatic rings. The third-order valence-corrected chi connectivity index (χ3v) is 2.55. The largest absolute Gasteiger partial charge is 0.311 e. The summed E-state index contributed by atoms with van der Waals surface area (Å²) in [6.07, 6.45) is 2.83. The van der Waals surface area contributed by atoms with Gasteiger partial charge in [0.2, 0.25) is 0 Å². The number of rotatable bonds is 5. The van der Waals surface area contributed by atoms with Crippen molar-refractivity contribution in [2.75, 3.05) is 6.54 Å². The van der Waals surface area contributed by atoms with Gasteiger partial charge in [0.05, 0.1) is 11.9 Å². The van der Waals surface area contributed by atoms with Crippen LogP contribution in [0.2, 0.25) is 0 Å². The summed E-state index contributed by atoms with van der Waals surface area (Å²) < 4.78 is 1.79. The Morgan fingerprint density at radius 1 is 1.25 bits per heavy atom. The first-order valence-electron chi connectivity index (χ1n) is 5.44. The highest BCUT2D eigenvalue weighted by molar-refractivity contribution is 5.14. The van der Waals surface area contributed by atoms with Crippen molar-refractivity contribution >= 4 is 0 Å². The second-order valence-corrected chi connectivity index (χ2v) is 3.76. The van der Waals surface area contributed by atoms with E-state index < -0.39 is 0 Å². The molecule has 1 aromatic heterocycles. The Labute approximate surface area is 95.3 Å². The molecule has 0 radical (unpaired) electrons. The highest BCUT2D eigenvalue weighted by Gasteiger charge is 1.98. The molecular weight excluding hydrogens is 200 g/mol. The molecular formula is C12H16N4. The first-order valence-corrected chi connectivity index (χ1v) is 5.44. The topological polar surface area (TPSA) is 42.7 Å².